The molecule has 1 atom stereocenters. The van der Waals surface area contributed by atoms with Crippen molar-refractivity contribution in [3.05, 3.63) is 18.2 Å². The van der Waals surface area contributed by atoms with Gasteiger partial charge in [-0.1, -0.05) is 0 Å². The molecule has 23 heavy (non-hydrogen) atoms. The minimum Gasteiger partial charge on any atom is -0.481 e. The predicted molar refractivity (Wildman–Crippen MR) is 81.6 cm³/mol. The second kappa shape index (κ2) is 5.79. The molecule has 0 spiro atoms. The Kier molecular flexibility index (Phi) is 3.81. The zero-order valence-electron chi connectivity index (χ0n) is 12.9. The molecule has 8 nitrogen and oxygen atoms in total. The Morgan fingerprint density at radius 2 is 2.17 bits per heavy atom. The van der Waals surface area contributed by atoms with Crippen molar-refractivity contribution in [2.45, 2.75) is 13.0 Å². The monoisotopic (exact) mass is 319 g/mol. The molecule has 0 saturated carbocycles. The number of hydrogen-bond acceptors (Lipinski definition) is 5. The molecule has 3 rings (SSSR count). The first-order valence-corrected chi connectivity index (χ1v) is 7.21. The van der Waals surface area contributed by atoms with Gasteiger partial charge in [0.25, 0.3) is 5.91 Å². The molecular weight excluding hydrogens is 302 g/mol. The number of ether oxygens (including phenoxy) is 2. The first kappa shape index (κ1) is 15.1. The summed E-state index contributed by atoms with van der Waals surface area (Å²) in [7, 11) is 1.68. The van der Waals surface area contributed by atoms with Gasteiger partial charge in [0, 0.05) is 20.0 Å². The summed E-state index contributed by atoms with van der Waals surface area (Å²) in [5, 5.41) is 2.63. The summed E-state index contributed by atoms with van der Waals surface area (Å²) < 4.78 is 10.6. The van der Waals surface area contributed by atoms with Crippen LogP contribution in [0.1, 0.15) is 6.92 Å². The Bertz CT molecular complexity index is 675. The van der Waals surface area contributed by atoms with Crippen LogP contribution in [-0.4, -0.2) is 50.8 Å². The maximum atomic E-state index is 12.0. The van der Waals surface area contributed by atoms with E-state index >= 15 is 0 Å². The average Bonchev–Trinajstić information content (AvgIpc) is 2.90. The molecule has 122 valence electrons. The topological polar surface area (TPSA) is 88.2 Å². The third-order valence-electron chi connectivity index (χ3n) is 3.79. The lowest BCUT2D eigenvalue weighted by Crippen LogP contribution is -2.35. The molecule has 0 aromatic heterocycles. The van der Waals surface area contributed by atoms with E-state index in [4.69, 9.17) is 9.47 Å². The summed E-state index contributed by atoms with van der Waals surface area (Å²) >= 11 is 0. The number of cyclic esters (lactones) is 1. The lowest BCUT2D eigenvalue weighted by molar-refractivity contribution is -0.121. The number of nitrogens with zero attached hydrogens (tertiary/aromatic N) is 2. The van der Waals surface area contributed by atoms with Crippen LogP contribution in [0.15, 0.2) is 18.2 Å². The highest BCUT2D eigenvalue weighted by atomic mass is 16.6. The van der Waals surface area contributed by atoms with Crippen molar-refractivity contribution in [2.24, 2.45) is 0 Å². The molecule has 3 amide bonds. The summed E-state index contributed by atoms with van der Waals surface area (Å²) in [5.41, 5.74) is 1.29. The quantitative estimate of drug-likeness (QED) is 0.876. The second-order valence-electron chi connectivity index (χ2n) is 5.45. The molecule has 2 aliphatic heterocycles. The highest BCUT2D eigenvalue weighted by Crippen LogP contribution is 2.35. The van der Waals surface area contributed by atoms with Crippen molar-refractivity contribution in [1.82, 2.24) is 5.32 Å². The fourth-order valence-corrected chi connectivity index (χ4v) is 2.53. The van der Waals surface area contributed by atoms with Crippen molar-refractivity contribution >= 4 is 29.3 Å². The average molecular weight is 319 g/mol. The molecule has 1 aromatic carbocycles. The molecule has 0 bridgehead atoms. The lowest BCUT2D eigenvalue weighted by Gasteiger charge is -2.27. The van der Waals surface area contributed by atoms with Gasteiger partial charge in [-0.3, -0.25) is 14.5 Å². The second-order valence-corrected chi connectivity index (χ2v) is 5.45. The van der Waals surface area contributed by atoms with Crippen LogP contribution in [0.2, 0.25) is 0 Å². The van der Waals surface area contributed by atoms with Gasteiger partial charge in [0.05, 0.1) is 24.5 Å². The fraction of sp³-hybridized carbons (Fsp3) is 0.400. The Hall–Kier alpha value is -2.77. The maximum Gasteiger partial charge on any atom is 0.414 e. The van der Waals surface area contributed by atoms with Gasteiger partial charge in [0.2, 0.25) is 5.91 Å². The largest absolute Gasteiger partial charge is 0.481 e. The number of amides is 3. The number of anilines is 2. The molecule has 1 fully saturated rings. The third-order valence-corrected chi connectivity index (χ3v) is 3.79. The minimum atomic E-state index is -0.472. The van der Waals surface area contributed by atoms with Crippen molar-refractivity contribution in [3.8, 4) is 5.75 Å². The molecule has 1 aromatic rings. The van der Waals surface area contributed by atoms with Crippen LogP contribution >= 0.6 is 0 Å². The van der Waals surface area contributed by atoms with Gasteiger partial charge < -0.3 is 19.7 Å². The van der Waals surface area contributed by atoms with E-state index in [1.54, 1.807) is 25.2 Å². The fourth-order valence-electron chi connectivity index (χ4n) is 2.53. The van der Waals surface area contributed by atoms with Crippen molar-refractivity contribution < 1.29 is 23.9 Å². The predicted octanol–water partition coefficient (Wildman–Crippen LogP) is 0.503. The van der Waals surface area contributed by atoms with E-state index in [1.807, 2.05) is 0 Å². The summed E-state index contributed by atoms with van der Waals surface area (Å²) in [5.74, 6) is 0.248. The molecule has 2 heterocycles. The van der Waals surface area contributed by atoms with Gasteiger partial charge in [-0.15, -0.1) is 0 Å². The van der Waals surface area contributed by atoms with Gasteiger partial charge in [0.1, 0.15) is 11.9 Å². The van der Waals surface area contributed by atoms with Crippen LogP contribution < -0.4 is 19.9 Å². The van der Waals surface area contributed by atoms with Crippen LogP contribution in [-0.2, 0) is 14.3 Å². The number of carbonyl (C=O) groups excluding carboxylic acids is 3. The van der Waals surface area contributed by atoms with Gasteiger partial charge >= 0.3 is 6.09 Å². The molecular formula is C15H17N3O5. The standard InChI is InChI=1S/C15H17N3O5/c1-9(19)16-6-11-7-18(15(21)23-11)10-3-4-12-13(5-10)22-8-14(20)17(12)2/h3-5,11H,6-8H2,1-2H3,(H,16,19)/t11-/m0/s1. The van der Waals surface area contributed by atoms with Crippen LogP contribution in [0, 0.1) is 0 Å². The van der Waals surface area contributed by atoms with E-state index in [2.05, 4.69) is 5.32 Å². The summed E-state index contributed by atoms with van der Waals surface area (Å²) in [6, 6.07) is 5.18. The van der Waals surface area contributed by atoms with E-state index in [1.165, 1.54) is 16.7 Å². The van der Waals surface area contributed by atoms with Gasteiger partial charge in [-0.2, -0.15) is 0 Å². The summed E-state index contributed by atoms with van der Waals surface area (Å²) in [4.78, 5) is 37.5. The molecule has 2 aliphatic rings. The Morgan fingerprint density at radius 1 is 1.39 bits per heavy atom. The van der Waals surface area contributed by atoms with Crippen LogP contribution in [0.3, 0.4) is 0 Å². The number of benzene rings is 1. The molecule has 1 saturated heterocycles. The van der Waals surface area contributed by atoms with Crippen molar-refractivity contribution in [2.75, 3.05) is 36.5 Å². The van der Waals surface area contributed by atoms with E-state index < -0.39 is 12.2 Å². The van der Waals surface area contributed by atoms with E-state index in [0.717, 1.165) is 0 Å². The van der Waals surface area contributed by atoms with Crippen molar-refractivity contribution in [1.29, 1.82) is 0 Å². The summed E-state index contributed by atoms with van der Waals surface area (Å²) in [6.45, 7) is 2.00. The zero-order valence-corrected chi connectivity index (χ0v) is 12.9. The maximum absolute atomic E-state index is 12.0. The van der Waals surface area contributed by atoms with Gasteiger partial charge in [-0.05, 0) is 12.1 Å². The first-order chi connectivity index (χ1) is 11.0. The van der Waals surface area contributed by atoms with Gasteiger partial charge in [-0.25, -0.2) is 4.79 Å². The number of rotatable bonds is 3. The smallest absolute Gasteiger partial charge is 0.414 e. The molecule has 0 unspecified atom stereocenters. The Morgan fingerprint density at radius 3 is 2.91 bits per heavy atom. The summed E-state index contributed by atoms with van der Waals surface area (Å²) in [6.07, 6.45) is -0.867. The molecule has 0 aliphatic carbocycles. The Labute approximate surface area is 132 Å². The number of hydrogen-bond donors (Lipinski definition) is 1. The highest BCUT2D eigenvalue weighted by molar-refractivity contribution is 5.98. The number of likely N-dealkylation sites (N-methyl/N-ethyl adjacent to an activating group) is 1. The number of fused-ring (bicyclic) bond motifs is 1. The number of nitrogens with one attached hydrogen (secondary N) is 1. The molecule has 8 heteroatoms. The van der Waals surface area contributed by atoms with Crippen LogP contribution in [0.25, 0.3) is 0 Å². The number of carbonyl (C=O) groups is 3. The normalized spacial score (nSPS) is 20.0. The van der Waals surface area contributed by atoms with E-state index in [-0.39, 0.29) is 25.0 Å². The van der Waals surface area contributed by atoms with E-state index in [9.17, 15) is 14.4 Å². The van der Waals surface area contributed by atoms with Crippen LogP contribution in [0.4, 0.5) is 16.2 Å². The SMILES string of the molecule is CC(=O)NC[C@H]1CN(c2ccc3c(c2)OCC(=O)N3C)C(=O)O1. The van der Waals surface area contributed by atoms with Gasteiger partial charge in [0.15, 0.2) is 6.61 Å². The van der Waals surface area contributed by atoms with Crippen LogP contribution in [0.5, 0.6) is 5.75 Å². The zero-order chi connectivity index (χ0) is 16.6. The third kappa shape index (κ3) is 2.92. The van der Waals surface area contributed by atoms with Crippen molar-refractivity contribution in [3.63, 3.8) is 0 Å². The molecule has 1 N–H and O–H groups in total. The highest BCUT2D eigenvalue weighted by Gasteiger charge is 2.33. The minimum absolute atomic E-state index is 0.0252. The van der Waals surface area contributed by atoms with E-state index in [0.29, 0.717) is 23.7 Å². The molecule has 0 radical (unpaired) electrons. The first-order valence-electron chi connectivity index (χ1n) is 7.21. The Balaban J connectivity index is 1.76. The lowest BCUT2D eigenvalue weighted by atomic mass is 10.2.